The average molecular weight is 342 g/mol. The molecular weight excluding hydrogens is 311 g/mol. The van der Waals surface area contributed by atoms with Crippen LogP contribution in [-0.4, -0.2) is 46.2 Å². The van der Waals surface area contributed by atoms with Crippen LogP contribution < -0.4 is 11.1 Å². The summed E-state index contributed by atoms with van der Waals surface area (Å²) in [5.41, 5.74) is 5.09. The molecule has 7 nitrogen and oxygen atoms in total. The molecule has 0 aromatic heterocycles. The molecule has 0 aromatic carbocycles. The van der Waals surface area contributed by atoms with Crippen molar-refractivity contribution in [3.8, 4) is 0 Å². The van der Waals surface area contributed by atoms with E-state index in [0.717, 1.165) is 6.42 Å². The highest BCUT2D eigenvalue weighted by atomic mass is 16.4. The molecule has 1 amide bonds. The summed E-state index contributed by atoms with van der Waals surface area (Å²) in [6.07, 6.45) is 4.30. The normalized spacial score (nSPS) is 26.0. The quantitative estimate of drug-likeness (QED) is 0.294. The fourth-order valence-electron chi connectivity index (χ4n) is 3.38. The molecule has 138 valence electrons. The molecule has 0 unspecified atom stereocenters. The lowest BCUT2D eigenvalue weighted by molar-refractivity contribution is -0.149. The molecule has 24 heavy (non-hydrogen) atoms. The lowest BCUT2D eigenvalue weighted by atomic mass is 9.78. The van der Waals surface area contributed by atoms with Gasteiger partial charge >= 0.3 is 13.1 Å². The zero-order chi connectivity index (χ0) is 18.3. The smallest absolute Gasteiger partial charge is 0.451 e. The van der Waals surface area contributed by atoms with Gasteiger partial charge in [0.25, 0.3) is 0 Å². The van der Waals surface area contributed by atoms with Gasteiger partial charge in [-0.2, -0.15) is 0 Å². The number of carboxylic acid groups (broad SMARTS) is 1. The number of nitrogens with two attached hydrogens (primary N) is 1. The molecule has 1 rings (SSSR count). The van der Waals surface area contributed by atoms with Crippen LogP contribution in [0.3, 0.4) is 0 Å². The number of hydrogen-bond acceptors (Lipinski definition) is 5. The molecule has 1 aliphatic carbocycles. The predicted octanol–water partition coefficient (Wildman–Crippen LogP) is 0.743. The first-order valence-electron chi connectivity index (χ1n) is 8.87. The zero-order valence-corrected chi connectivity index (χ0v) is 14.7. The average Bonchev–Trinajstić information content (AvgIpc) is 2.94. The van der Waals surface area contributed by atoms with Gasteiger partial charge in [-0.3, -0.25) is 9.59 Å². The fourth-order valence-corrected chi connectivity index (χ4v) is 3.38. The summed E-state index contributed by atoms with van der Waals surface area (Å²) in [7, 11) is -1.34. The van der Waals surface area contributed by atoms with Crippen molar-refractivity contribution in [2.45, 2.75) is 77.2 Å². The number of hydrogen-bond donors (Lipinski definition) is 5. The minimum Gasteiger partial charge on any atom is -0.481 e. The number of carbonyl (C=O) groups excluding carboxylic acids is 1. The van der Waals surface area contributed by atoms with Crippen molar-refractivity contribution in [3.63, 3.8) is 0 Å². The summed E-state index contributed by atoms with van der Waals surface area (Å²) in [4.78, 5) is 23.9. The lowest BCUT2D eigenvalue weighted by Crippen LogP contribution is -2.48. The highest BCUT2D eigenvalue weighted by Gasteiger charge is 2.45. The van der Waals surface area contributed by atoms with Crippen molar-refractivity contribution in [1.82, 2.24) is 5.32 Å². The van der Waals surface area contributed by atoms with E-state index in [1.807, 2.05) is 13.8 Å². The molecule has 1 saturated carbocycles. The molecule has 0 saturated heterocycles. The Morgan fingerprint density at radius 2 is 2.04 bits per heavy atom. The molecule has 1 fully saturated rings. The fraction of sp³-hybridized carbons (Fsp3) is 0.875. The van der Waals surface area contributed by atoms with Gasteiger partial charge in [0, 0.05) is 6.04 Å². The Bertz CT molecular complexity index is 435. The van der Waals surface area contributed by atoms with Gasteiger partial charge < -0.3 is 26.2 Å². The standard InChI is InChI=1S/C16H31BN2O5/c1-3-11(2)13(18)14(20)19-12-6-8-16(10-12,15(21)22)7-4-5-9-17(23)24/h11-13,23-24H,3-10,18H2,1-2H3,(H,19,20)(H,21,22)/t11-,12-,13-,16+/m0/s1. The highest BCUT2D eigenvalue weighted by Crippen LogP contribution is 2.43. The molecule has 4 atom stereocenters. The summed E-state index contributed by atoms with van der Waals surface area (Å²) in [6.45, 7) is 3.90. The Balaban J connectivity index is 2.55. The summed E-state index contributed by atoms with van der Waals surface area (Å²) in [5, 5.41) is 30.2. The Hall–Kier alpha value is -1.12. The van der Waals surface area contributed by atoms with Gasteiger partial charge in [0.2, 0.25) is 5.91 Å². The van der Waals surface area contributed by atoms with Crippen molar-refractivity contribution in [2.24, 2.45) is 17.1 Å². The van der Waals surface area contributed by atoms with Crippen LogP contribution in [0.1, 0.15) is 58.8 Å². The second kappa shape index (κ2) is 9.39. The van der Waals surface area contributed by atoms with Crippen LogP contribution in [0.4, 0.5) is 0 Å². The van der Waals surface area contributed by atoms with E-state index in [1.54, 1.807) is 0 Å². The minimum absolute atomic E-state index is 0.0838. The first kappa shape index (κ1) is 20.9. The van der Waals surface area contributed by atoms with E-state index in [-0.39, 0.29) is 24.2 Å². The second-order valence-corrected chi connectivity index (χ2v) is 7.17. The summed E-state index contributed by atoms with van der Waals surface area (Å²) >= 11 is 0. The first-order valence-corrected chi connectivity index (χ1v) is 8.87. The van der Waals surface area contributed by atoms with Crippen molar-refractivity contribution in [1.29, 1.82) is 0 Å². The Labute approximate surface area is 144 Å². The maximum Gasteiger partial charge on any atom is 0.451 e. The predicted molar refractivity (Wildman–Crippen MR) is 92.1 cm³/mol. The molecule has 0 spiro atoms. The minimum atomic E-state index is -1.34. The Kier molecular flexibility index (Phi) is 8.19. The van der Waals surface area contributed by atoms with E-state index in [2.05, 4.69) is 5.32 Å². The Morgan fingerprint density at radius 3 is 2.58 bits per heavy atom. The van der Waals surface area contributed by atoms with Crippen LogP contribution in [-0.2, 0) is 9.59 Å². The zero-order valence-electron chi connectivity index (χ0n) is 14.7. The van der Waals surface area contributed by atoms with Crippen molar-refractivity contribution < 1.29 is 24.7 Å². The van der Waals surface area contributed by atoms with Crippen LogP contribution in [0.5, 0.6) is 0 Å². The van der Waals surface area contributed by atoms with E-state index >= 15 is 0 Å². The summed E-state index contributed by atoms with van der Waals surface area (Å²) < 4.78 is 0. The second-order valence-electron chi connectivity index (χ2n) is 7.17. The monoisotopic (exact) mass is 342 g/mol. The molecule has 0 radical (unpaired) electrons. The molecule has 0 heterocycles. The van der Waals surface area contributed by atoms with Gasteiger partial charge in [-0.15, -0.1) is 0 Å². The van der Waals surface area contributed by atoms with Crippen LogP contribution >= 0.6 is 0 Å². The topological polar surface area (TPSA) is 133 Å². The van der Waals surface area contributed by atoms with Gasteiger partial charge in [0.1, 0.15) is 0 Å². The Morgan fingerprint density at radius 1 is 1.38 bits per heavy atom. The number of nitrogens with one attached hydrogen (secondary N) is 1. The van der Waals surface area contributed by atoms with Gasteiger partial charge in [0.05, 0.1) is 11.5 Å². The van der Waals surface area contributed by atoms with Crippen molar-refractivity contribution in [3.05, 3.63) is 0 Å². The molecule has 8 heteroatoms. The largest absolute Gasteiger partial charge is 0.481 e. The maximum atomic E-state index is 12.2. The molecule has 0 aliphatic heterocycles. The van der Waals surface area contributed by atoms with Crippen LogP contribution in [0.15, 0.2) is 0 Å². The van der Waals surface area contributed by atoms with Crippen molar-refractivity contribution in [2.75, 3.05) is 0 Å². The molecule has 6 N–H and O–H groups in total. The van der Waals surface area contributed by atoms with Gasteiger partial charge in [0.15, 0.2) is 0 Å². The van der Waals surface area contributed by atoms with E-state index in [4.69, 9.17) is 15.8 Å². The van der Waals surface area contributed by atoms with Crippen molar-refractivity contribution >= 4 is 19.0 Å². The maximum absolute atomic E-state index is 12.2. The van der Waals surface area contributed by atoms with E-state index in [1.165, 1.54) is 0 Å². The number of rotatable bonds is 10. The number of amides is 1. The molecule has 0 bridgehead atoms. The SMILES string of the molecule is CC[C@H](C)[C@H](N)C(=O)N[C@H]1CC[C@@](CCCCB(O)O)(C(=O)O)C1. The third-order valence-electron chi connectivity index (χ3n) is 5.34. The van der Waals surface area contributed by atoms with E-state index < -0.39 is 24.5 Å². The van der Waals surface area contributed by atoms with Gasteiger partial charge in [-0.25, -0.2) is 0 Å². The summed E-state index contributed by atoms with van der Waals surface area (Å²) in [5.74, 6) is -0.963. The first-order chi connectivity index (χ1) is 11.2. The van der Waals surface area contributed by atoms with E-state index in [0.29, 0.717) is 38.5 Å². The number of unbranched alkanes of at least 4 members (excludes halogenated alkanes) is 1. The number of carbonyl (C=O) groups is 2. The summed E-state index contributed by atoms with van der Waals surface area (Å²) in [6, 6.07) is -0.729. The van der Waals surface area contributed by atoms with Gasteiger partial charge in [-0.1, -0.05) is 33.1 Å². The van der Waals surface area contributed by atoms with E-state index in [9.17, 15) is 14.7 Å². The molecule has 0 aromatic rings. The van der Waals surface area contributed by atoms with Crippen LogP contribution in [0.2, 0.25) is 6.32 Å². The number of carboxylic acids is 1. The van der Waals surface area contributed by atoms with Crippen LogP contribution in [0.25, 0.3) is 0 Å². The molecule has 1 aliphatic rings. The van der Waals surface area contributed by atoms with Crippen LogP contribution in [0, 0.1) is 11.3 Å². The highest BCUT2D eigenvalue weighted by molar-refractivity contribution is 6.40. The molecular formula is C16H31BN2O5. The van der Waals surface area contributed by atoms with Gasteiger partial charge in [-0.05, 0) is 37.9 Å². The lowest BCUT2D eigenvalue weighted by Gasteiger charge is -2.25. The number of aliphatic carboxylic acids is 1. The third-order valence-corrected chi connectivity index (χ3v) is 5.34. The third kappa shape index (κ3) is 5.75.